The van der Waals surface area contributed by atoms with Gasteiger partial charge in [0.1, 0.15) is 12.6 Å². The zero-order valence-corrected chi connectivity index (χ0v) is 17.8. The fourth-order valence-corrected chi connectivity index (χ4v) is 3.37. The molecule has 3 rings (SSSR count). The molecule has 0 aromatic heterocycles. The quantitative estimate of drug-likeness (QED) is 0.696. The first kappa shape index (κ1) is 23.0. The van der Waals surface area contributed by atoms with Gasteiger partial charge in [-0.1, -0.05) is 0 Å². The van der Waals surface area contributed by atoms with Crippen LogP contribution in [-0.4, -0.2) is 45.7 Å². The molecule has 2 aromatic rings. The number of fused-ring (bicyclic) bond motifs is 1. The molecule has 2 amide bonds. The number of halogens is 3. The van der Waals surface area contributed by atoms with Gasteiger partial charge >= 0.3 is 6.18 Å². The zero-order chi connectivity index (χ0) is 23.6. The van der Waals surface area contributed by atoms with E-state index in [1.807, 2.05) is 0 Å². The Morgan fingerprint density at radius 1 is 1.09 bits per heavy atom. The molecule has 1 atom stereocenters. The summed E-state index contributed by atoms with van der Waals surface area (Å²) in [7, 11) is 4.37. The van der Waals surface area contributed by atoms with E-state index in [-0.39, 0.29) is 17.9 Å². The SMILES string of the molecule is COc1cc(NC(C)C(=O)N2CC(=O)Nc3cc(C(F)(F)F)ccc32)cc(OC)c1OC. The van der Waals surface area contributed by atoms with Gasteiger partial charge in [0.05, 0.1) is 38.3 Å². The second-order valence-corrected chi connectivity index (χ2v) is 6.98. The van der Waals surface area contributed by atoms with Crippen LogP contribution in [0.3, 0.4) is 0 Å². The summed E-state index contributed by atoms with van der Waals surface area (Å²) in [5.74, 6) is 0.0224. The van der Waals surface area contributed by atoms with Crippen LogP contribution in [0.25, 0.3) is 0 Å². The summed E-state index contributed by atoms with van der Waals surface area (Å²) in [6, 6.07) is 5.23. The summed E-state index contributed by atoms with van der Waals surface area (Å²) < 4.78 is 54.9. The van der Waals surface area contributed by atoms with E-state index in [4.69, 9.17) is 14.2 Å². The summed E-state index contributed by atoms with van der Waals surface area (Å²) >= 11 is 0. The minimum absolute atomic E-state index is 0.0792. The fraction of sp³-hybridized carbons (Fsp3) is 0.333. The van der Waals surface area contributed by atoms with Crippen LogP contribution in [0.4, 0.5) is 30.2 Å². The molecule has 172 valence electrons. The van der Waals surface area contributed by atoms with Crippen molar-refractivity contribution in [3.8, 4) is 17.2 Å². The van der Waals surface area contributed by atoms with Gasteiger partial charge in [-0.15, -0.1) is 0 Å². The Labute approximate surface area is 182 Å². The van der Waals surface area contributed by atoms with E-state index in [0.717, 1.165) is 17.0 Å². The molecule has 1 unspecified atom stereocenters. The predicted octanol–water partition coefficient (Wildman–Crippen LogP) is 3.52. The number of benzene rings is 2. The lowest BCUT2D eigenvalue weighted by Crippen LogP contribution is -2.48. The van der Waals surface area contributed by atoms with Crippen molar-refractivity contribution in [3.63, 3.8) is 0 Å². The van der Waals surface area contributed by atoms with Gasteiger partial charge in [-0.25, -0.2) is 0 Å². The number of hydrogen-bond donors (Lipinski definition) is 2. The van der Waals surface area contributed by atoms with E-state index in [2.05, 4.69) is 10.6 Å². The van der Waals surface area contributed by atoms with Gasteiger partial charge in [-0.2, -0.15) is 13.2 Å². The monoisotopic (exact) mass is 453 g/mol. The highest BCUT2D eigenvalue weighted by Gasteiger charge is 2.35. The highest BCUT2D eigenvalue weighted by atomic mass is 19.4. The number of nitrogens with zero attached hydrogens (tertiary/aromatic N) is 1. The summed E-state index contributed by atoms with van der Waals surface area (Å²) in [6.45, 7) is 1.25. The summed E-state index contributed by atoms with van der Waals surface area (Å²) in [5, 5.41) is 5.39. The second kappa shape index (κ2) is 8.85. The topological polar surface area (TPSA) is 89.1 Å². The van der Waals surface area contributed by atoms with Crippen molar-refractivity contribution in [1.82, 2.24) is 0 Å². The predicted molar refractivity (Wildman–Crippen MR) is 112 cm³/mol. The first-order valence-corrected chi connectivity index (χ1v) is 9.48. The molecule has 0 radical (unpaired) electrons. The third kappa shape index (κ3) is 4.51. The van der Waals surface area contributed by atoms with Crippen molar-refractivity contribution < 1.29 is 37.0 Å². The molecule has 0 saturated carbocycles. The number of amides is 2. The van der Waals surface area contributed by atoms with Gasteiger partial charge < -0.3 is 24.8 Å². The molecule has 0 bridgehead atoms. The zero-order valence-electron chi connectivity index (χ0n) is 17.8. The average Bonchev–Trinajstić information content (AvgIpc) is 2.75. The molecule has 1 heterocycles. The van der Waals surface area contributed by atoms with Crippen LogP contribution in [0, 0.1) is 0 Å². The van der Waals surface area contributed by atoms with Crippen molar-refractivity contribution >= 4 is 28.9 Å². The van der Waals surface area contributed by atoms with Crippen LogP contribution in [0.15, 0.2) is 30.3 Å². The van der Waals surface area contributed by atoms with E-state index in [1.165, 1.54) is 27.4 Å². The highest BCUT2D eigenvalue weighted by molar-refractivity contribution is 6.11. The van der Waals surface area contributed by atoms with E-state index < -0.39 is 29.6 Å². The molecule has 8 nitrogen and oxygen atoms in total. The number of carbonyl (C=O) groups is 2. The summed E-state index contributed by atoms with van der Waals surface area (Å²) in [5.41, 5.74) is -0.338. The normalized spacial score (nSPS) is 14.2. The summed E-state index contributed by atoms with van der Waals surface area (Å²) in [6.07, 6.45) is -4.58. The molecule has 0 aliphatic carbocycles. The second-order valence-electron chi connectivity index (χ2n) is 6.98. The van der Waals surface area contributed by atoms with Crippen LogP contribution >= 0.6 is 0 Å². The van der Waals surface area contributed by atoms with E-state index in [0.29, 0.717) is 22.9 Å². The van der Waals surface area contributed by atoms with Gasteiger partial charge in [-0.05, 0) is 25.1 Å². The Kier molecular flexibility index (Phi) is 6.37. The maximum Gasteiger partial charge on any atom is 0.416 e. The lowest BCUT2D eigenvalue weighted by molar-refractivity contribution is -0.137. The molecule has 11 heteroatoms. The number of alkyl halides is 3. The number of carbonyl (C=O) groups excluding carboxylic acids is 2. The fourth-order valence-electron chi connectivity index (χ4n) is 3.37. The van der Waals surface area contributed by atoms with Gasteiger partial charge in [0, 0.05) is 17.8 Å². The van der Waals surface area contributed by atoms with Crippen molar-refractivity contribution in [2.45, 2.75) is 19.1 Å². The van der Waals surface area contributed by atoms with Crippen LogP contribution in [0.1, 0.15) is 12.5 Å². The highest BCUT2D eigenvalue weighted by Crippen LogP contribution is 2.40. The standard InChI is InChI=1S/C21H22F3N3O5/c1-11(25-13-8-16(30-2)19(32-4)17(9-13)31-3)20(29)27-10-18(28)26-14-7-12(21(22,23)24)5-6-15(14)27/h5-9,11,25H,10H2,1-4H3,(H,26,28). The van der Waals surface area contributed by atoms with Crippen LogP contribution in [0.5, 0.6) is 17.2 Å². The van der Waals surface area contributed by atoms with Gasteiger partial charge in [0.2, 0.25) is 17.6 Å². The van der Waals surface area contributed by atoms with E-state index in [1.54, 1.807) is 19.1 Å². The molecule has 2 N–H and O–H groups in total. The number of ether oxygens (including phenoxy) is 3. The Balaban J connectivity index is 1.88. The molecule has 1 aliphatic rings. The molecule has 1 aliphatic heterocycles. The van der Waals surface area contributed by atoms with E-state index >= 15 is 0 Å². The van der Waals surface area contributed by atoms with E-state index in [9.17, 15) is 22.8 Å². The minimum Gasteiger partial charge on any atom is -0.493 e. The molecular weight excluding hydrogens is 431 g/mol. The smallest absolute Gasteiger partial charge is 0.416 e. The van der Waals surface area contributed by atoms with Crippen molar-refractivity contribution in [3.05, 3.63) is 35.9 Å². The van der Waals surface area contributed by atoms with Crippen molar-refractivity contribution in [2.75, 3.05) is 43.4 Å². The number of nitrogens with one attached hydrogen (secondary N) is 2. The number of anilines is 3. The number of hydrogen-bond acceptors (Lipinski definition) is 6. The molecule has 2 aromatic carbocycles. The molecule has 0 spiro atoms. The third-order valence-corrected chi connectivity index (χ3v) is 4.87. The van der Waals surface area contributed by atoms with Gasteiger partial charge in [0.25, 0.3) is 0 Å². The Morgan fingerprint density at radius 3 is 2.25 bits per heavy atom. The van der Waals surface area contributed by atoms with Crippen LogP contribution in [-0.2, 0) is 15.8 Å². The molecule has 0 saturated heterocycles. The Hall–Kier alpha value is -3.63. The Morgan fingerprint density at radius 2 is 1.72 bits per heavy atom. The first-order valence-electron chi connectivity index (χ1n) is 9.48. The van der Waals surface area contributed by atoms with Crippen LogP contribution < -0.4 is 29.7 Å². The van der Waals surface area contributed by atoms with Crippen LogP contribution in [0.2, 0.25) is 0 Å². The van der Waals surface area contributed by atoms with Crippen molar-refractivity contribution in [2.24, 2.45) is 0 Å². The molecule has 0 fully saturated rings. The minimum atomic E-state index is -4.58. The summed E-state index contributed by atoms with van der Waals surface area (Å²) in [4.78, 5) is 26.3. The van der Waals surface area contributed by atoms with Gasteiger partial charge in [-0.3, -0.25) is 14.5 Å². The first-order chi connectivity index (χ1) is 15.1. The maximum absolute atomic E-state index is 13.1. The molecular formula is C21H22F3N3O5. The molecule has 32 heavy (non-hydrogen) atoms. The number of methoxy groups -OCH3 is 3. The third-order valence-electron chi connectivity index (χ3n) is 4.87. The van der Waals surface area contributed by atoms with Gasteiger partial charge in [0.15, 0.2) is 11.5 Å². The lowest BCUT2D eigenvalue weighted by Gasteiger charge is -2.32. The van der Waals surface area contributed by atoms with Crippen molar-refractivity contribution in [1.29, 1.82) is 0 Å². The number of rotatable bonds is 6. The largest absolute Gasteiger partial charge is 0.493 e. The average molecular weight is 453 g/mol. The lowest BCUT2D eigenvalue weighted by atomic mass is 10.1. The Bertz CT molecular complexity index is 1020. The maximum atomic E-state index is 13.1.